The van der Waals surface area contributed by atoms with Crippen LogP contribution >= 0.6 is 0 Å². The van der Waals surface area contributed by atoms with Crippen LogP contribution in [-0.2, 0) is 17.8 Å². The molecule has 0 fully saturated rings. The molecule has 0 heterocycles. The molecule has 0 unspecified atom stereocenters. The van der Waals surface area contributed by atoms with Crippen molar-refractivity contribution in [2.24, 2.45) is 0 Å². The number of rotatable bonds is 7. The van der Waals surface area contributed by atoms with E-state index >= 15 is 0 Å². The molecule has 0 aliphatic carbocycles. The van der Waals surface area contributed by atoms with Gasteiger partial charge in [-0.2, -0.15) is 0 Å². The summed E-state index contributed by atoms with van der Waals surface area (Å²) in [6.07, 6.45) is 2.01. The molecule has 0 atom stereocenters. The molecule has 0 aliphatic rings. The number of ether oxygens (including phenoxy) is 1. The van der Waals surface area contributed by atoms with Gasteiger partial charge in [0, 0.05) is 13.0 Å². The van der Waals surface area contributed by atoms with Gasteiger partial charge in [0.05, 0.1) is 7.11 Å². The second-order valence-electron chi connectivity index (χ2n) is 5.12. The molecule has 116 valence electrons. The molecule has 2 rings (SSSR count). The number of methoxy groups -OCH3 is 1. The summed E-state index contributed by atoms with van der Waals surface area (Å²) in [4.78, 5) is 11.8. The first-order valence-electron chi connectivity index (χ1n) is 7.35. The second kappa shape index (κ2) is 8.08. The lowest BCUT2D eigenvalue weighted by molar-refractivity contribution is -0.121. The van der Waals surface area contributed by atoms with Crippen LogP contribution < -0.4 is 10.1 Å². The topological polar surface area (TPSA) is 58.6 Å². The Kier molecular flexibility index (Phi) is 5.83. The fourth-order valence-electron chi connectivity index (χ4n) is 2.22. The highest BCUT2D eigenvalue weighted by molar-refractivity contribution is 5.75. The molecule has 0 bridgehead atoms. The normalized spacial score (nSPS) is 10.2. The monoisotopic (exact) mass is 299 g/mol. The summed E-state index contributed by atoms with van der Waals surface area (Å²) in [7, 11) is 1.52. The van der Waals surface area contributed by atoms with Crippen LogP contribution in [0.1, 0.15) is 24.0 Å². The lowest BCUT2D eigenvalue weighted by Gasteiger charge is -2.07. The number of benzene rings is 2. The summed E-state index contributed by atoms with van der Waals surface area (Å²) in [5.74, 6) is 0.646. The molecule has 0 aliphatic heterocycles. The van der Waals surface area contributed by atoms with Gasteiger partial charge in [0.15, 0.2) is 11.5 Å². The predicted molar refractivity (Wildman–Crippen MR) is 85.9 cm³/mol. The zero-order chi connectivity index (χ0) is 15.8. The van der Waals surface area contributed by atoms with E-state index in [0.717, 1.165) is 24.0 Å². The highest BCUT2D eigenvalue weighted by Gasteiger charge is 2.05. The van der Waals surface area contributed by atoms with Gasteiger partial charge < -0.3 is 15.2 Å². The molecule has 0 spiro atoms. The van der Waals surface area contributed by atoms with E-state index in [9.17, 15) is 9.90 Å². The van der Waals surface area contributed by atoms with E-state index in [1.807, 2.05) is 36.4 Å². The fourth-order valence-corrected chi connectivity index (χ4v) is 2.22. The lowest BCUT2D eigenvalue weighted by atomic mass is 10.1. The van der Waals surface area contributed by atoms with Gasteiger partial charge in [0.2, 0.25) is 5.91 Å². The van der Waals surface area contributed by atoms with Gasteiger partial charge in [0.1, 0.15) is 0 Å². The Morgan fingerprint density at radius 3 is 2.64 bits per heavy atom. The van der Waals surface area contributed by atoms with Crippen LogP contribution in [0.5, 0.6) is 11.5 Å². The number of hydrogen-bond donors (Lipinski definition) is 2. The zero-order valence-corrected chi connectivity index (χ0v) is 12.7. The Labute approximate surface area is 130 Å². The third-order valence-corrected chi connectivity index (χ3v) is 3.45. The molecule has 0 radical (unpaired) electrons. The van der Waals surface area contributed by atoms with Crippen molar-refractivity contribution in [3.05, 3.63) is 59.7 Å². The number of aromatic hydroxyl groups is 1. The second-order valence-corrected chi connectivity index (χ2v) is 5.12. The third-order valence-electron chi connectivity index (χ3n) is 3.45. The zero-order valence-electron chi connectivity index (χ0n) is 12.7. The Morgan fingerprint density at radius 2 is 1.91 bits per heavy atom. The maximum atomic E-state index is 11.8. The Hall–Kier alpha value is -2.49. The van der Waals surface area contributed by atoms with Crippen LogP contribution in [0.3, 0.4) is 0 Å². The summed E-state index contributed by atoms with van der Waals surface area (Å²) in [5.41, 5.74) is 2.14. The molecule has 2 aromatic carbocycles. The number of phenolic OH excluding ortho intramolecular Hbond substituents is 1. The van der Waals surface area contributed by atoms with Crippen LogP contribution in [0.4, 0.5) is 0 Å². The van der Waals surface area contributed by atoms with Crippen molar-refractivity contribution >= 4 is 5.91 Å². The minimum absolute atomic E-state index is 0.0506. The highest BCUT2D eigenvalue weighted by Crippen LogP contribution is 2.26. The number of aryl methyl sites for hydroxylation is 1. The summed E-state index contributed by atoms with van der Waals surface area (Å²) in [6.45, 7) is 0.562. The minimum Gasteiger partial charge on any atom is -0.504 e. The lowest BCUT2D eigenvalue weighted by Crippen LogP contribution is -2.22. The van der Waals surface area contributed by atoms with E-state index in [1.165, 1.54) is 7.11 Å². The molecule has 2 aromatic rings. The highest BCUT2D eigenvalue weighted by atomic mass is 16.5. The van der Waals surface area contributed by atoms with Crippen molar-refractivity contribution < 1.29 is 14.6 Å². The molecule has 0 aromatic heterocycles. The summed E-state index contributed by atoms with van der Waals surface area (Å²) in [5, 5.41) is 12.5. The molecule has 22 heavy (non-hydrogen) atoms. The van der Waals surface area contributed by atoms with Gasteiger partial charge >= 0.3 is 0 Å². The van der Waals surface area contributed by atoms with Crippen molar-refractivity contribution in [1.29, 1.82) is 0 Å². The van der Waals surface area contributed by atoms with E-state index in [-0.39, 0.29) is 11.7 Å². The third kappa shape index (κ3) is 4.81. The van der Waals surface area contributed by atoms with E-state index in [4.69, 9.17) is 4.74 Å². The van der Waals surface area contributed by atoms with E-state index in [1.54, 1.807) is 12.1 Å². The Balaban J connectivity index is 1.73. The fraction of sp³-hybridized carbons (Fsp3) is 0.278. The molecule has 4 heteroatoms. The van der Waals surface area contributed by atoms with Crippen LogP contribution in [-0.4, -0.2) is 18.1 Å². The smallest absolute Gasteiger partial charge is 0.220 e. The number of carbonyl (C=O) groups is 1. The van der Waals surface area contributed by atoms with Gasteiger partial charge in [-0.15, -0.1) is 0 Å². The summed E-state index contributed by atoms with van der Waals surface area (Å²) < 4.78 is 5.07. The van der Waals surface area contributed by atoms with Crippen LogP contribution in [0.25, 0.3) is 0 Å². The van der Waals surface area contributed by atoms with Gasteiger partial charge in [-0.3, -0.25) is 4.79 Å². The molecule has 0 saturated carbocycles. The van der Waals surface area contributed by atoms with Gasteiger partial charge in [-0.1, -0.05) is 36.4 Å². The first kappa shape index (κ1) is 15.9. The minimum atomic E-state index is 0.0506. The van der Waals surface area contributed by atoms with Crippen molar-refractivity contribution in [2.75, 3.05) is 7.11 Å². The van der Waals surface area contributed by atoms with Gasteiger partial charge in [-0.05, 0) is 36.1 Å². The summed E-state index contributed by atoms with van der Waals surface area (Å²) in [6, 6.07) is 15.1. The van der Waals surface area contributed by atoms with Crippen molar-refractivity contribution in [1.82, 2.24) is 5.32 Å². The summed E-state index contributed by atoms with van der Waals surface area (Å²) >= 11 is 0. The number of nitrogens with one attached hydrogen (secondary N) is 1. The van der Waals surface area contributed by atoms with Gasteiger partial charge in [-0.25, -0.2) is 0 Å². The maximum absolute atomic E-state index is 11.8. The maximum Gasteiger partial charge on any atom is 0.220 e. The number of phenols is 1. The average Bonchev–Trinajstić information content (AvgIpc) is 2.55. The SMILES string of the molecule is COc1cc(CCCC(=O)NCc2ccccc2)ccc1O. The largest absolute Gasteiger partial charge is 0.504 e. The Bertz CT molecular complexity index is 611. The first-order valence-corrected chi connectivity index (χ1v) is 7.35. The molecule has 1 amide bonds. The number of amides is 1. The molecular formula is C18H21NO3. The first-order chi connectivity index (χ1) is 10.7. The van der Waals surface area contributed by atoms with E-state index in [0.29, 0.717) is 18.7 Å². The quantitative estimate of drug-likeness (QED) is 0.826. The van der Waals surface area contributed by atoms with Crippen LogP contribution in [0.2, 0.25) is 0 Å². The van der Waals surface area contributed by atoms with Crippen molar-refractivity contribution in [3.8, 4) is 11.5 Å². The van der Waals surface area contributed by atoms with Crippen molar-refractivity contribution in [2.45, 2.75) is 25.8 Å². The van der Waals surface area contributed by atoms with Crippen molar-refractivity contribution in [3.63, 3.8) is 0 Å². The molecule has 4 nitrogen and oxygen atoms in total. The average molecular weight is 299 g/mol. The standard InChI is InChI=1S/C18H21NO3/c1-22-17-12-14(10-11-16(17)20)8-5-9-18(21)19-13-15-6-3-2-4-7-15/h2-4,6-7,10-12,20H,5,8-9,13H2,1H3,(H,19,21). The van der Waals surface area contributed by atoms with Crippen LogP contribution in [0.15, 0.2) is 48.5 Å². The van der Waals surface area contributed by atoms with E-state index < -0.39 is 0 Å². The molecule has 0 saturated heterocycles. The van der Waals surface area contributed by atoms with Gasteiger partial charge in [0.25, 0.3) is 0 Å². The van der Waals surface area contributed by atoms with E-state index in [2.05, 4.69) is 5.32 Å². The predicted octanol–water partition coefficient (Wildman–Crippen LogP) is 3.04. The number of hydrogen-bond acceptors (Lipinski definition) is 3. The number of carbonyl (C=O) groups excluding carboxylic acids is 1. The van der Waals surface area contributed by atoms with Crippen LogP contribution in [0, 0.1) is 0 Å². The Morgan fingerprint density at radius 1 is 1.14 bits per heavy atom. The molecule has 2 N–H and O–H groups in total. The molecular weight excluding hydrogens is 278 g/mol.